The average molecular weight is 320 g/mol. The van der Waals surface area contributed by atoms with Gasteiger partial charge in [-0.1, -0.05) is 12.1 Å². The molecule has 0 spiro atoms. The number of rotatable bonds is 5. The van der Waals surface area contributed by atoms with Crippen LogP contribution in [0.15, 0.2) is 24.3 Å². The van der Waals surface area contributed by atoms with Crippen molar-refractivity contribution >= 4 is 5.91 Å². The van der Waals surface area contributed by atoms with E-state index >= 15 is 0 Å². The van der Waals surface area contributed by atoms with Crippen LogP contribution in [0.5, 0.6) is 0 Å². The summed E-state index contributed by atoms with van der Waals surface area (Å²) < 4.78 is 18.5. The molecule has 2 heterocycles. The number of hydrogen-bond acceptors (Lipinski definition) is 3. The van der Waals surface area contributed by atoms with Crippen LogP contribution in [0.3, 0.4) is 0 Å². The van der Waals surface area contributed by atoms with E-state index in [9.17, 15) is 9.18 Å². The molecular formula is C18H25FN2O2. The first kappa shape index (κ1) is 16.4. The molecule has 2 atom stereocenters. The van der Waals surface area contributed by atoms with Crippen molar-refractivity contribution < 1.29 is 13.9 Å². The molecular weight excluding hydrogens is 295 g/mol. The summed E-state index contributed by atoms with van der Waals surface area (Å²) in [7, 11) is 0. The highest BCUT2D eigenvalue weighted by atomic mass is 19.1. The number of amides is 1. The Labute approximate surface area is 137 Å². The van der Waals surface area contributed by atoms with Gasteiger partial charge in [0.15, 0.2) is 0 Å². The molecule has 0 bridgehead atoms. The maximum atomic E-state index is 13.0. The van der Waals surface area contributed by atoms with Crippen LogP contribution in [-0.2, 0) is 16.1 Å². The molecule has 2 saturated heterocycles. The highest BCUT2D eigenvalue weighted by molar-refractivity contribution is 5.79. The first-order valence-corrected chi connectivity index (χ1v) is 8.57. The Morgan fingerprint density at radius 3 is 2.83 bits per heavy atom. The summed E-state index contributed by atoms with van der Waals surface area (Å²) in [5, 5.41) is 3.05. The summed E-state index contributed by atoms with van der Waals surface area (Å²) in [6.45, 7) is 3.99. The van der Waals surface area contributed by atoms with Gasteiger partial charge >= 0.3 is 0 Å². The fourth-order valence-electron chi connectivity index (χ4n) is 3.43. The number of nitrogens with one attached hydrogen (secondary N) is 1. The second-order valence-corrected chi connectivity index (χ2v) is 6.58. The van der Waals surface area contributed by atoms with Gasteiger partial charge in [0.05, 0.1) is 12.0 Å². The first-order chi connectivity index (χ1) is 11.2. The van der Waals surface area contributed by atoms with Crippen molar-refractivity contribution in [3.8, 4) is 0 Å². The zero-order valence-electron chi connectivity index (χ0n) is 13.5. The lowest BCUT2D eigenvalue weighted by molar-refractivity contribution is -0.127. The lowest BCUT2D eigenvalue weighted by Crippen LogP contribution is -2.44. The zero-order valence-corrected chi connectivity index (χ0v) is 13.5. The number of likely N-dealkylation sites (tertiary alicyclic amines) is 1. The molecule has 2 fully saturated rings. The molecule has 1 aromatic rings. The molecule has 3 rings (SSSR count). The third-order valence-electron chi connectivity index (χ3n) is 4.72. The summed E-state index contributed by atoms with van der Waals surface area (Å²) in [5.74, 6) is -0.0197. The highest BCUT2D eigenvalue weighted by Crippen LogP contribution is 2.19. The standard InChI is InChI=1S/C18H25FN2O2/c19-16-7-5-14(6-8-16)12-21-9-1-3-15(13-21)18(22)20-11-17-4-2-10-23-17/h5-8,15,17H,1-4,9-13H2,(H,20,22). The Morgan fingerprint density at radius 2 is 2.09 bits per heavy atom. The van der Waals surface area contributed by atoms with Crippen LogP contribution in [0.25, 0.3) is 0 Å². The lowest BCUT2D eigenvalue weighted by atomic mass is 9.96. The van der Waals surface area contributed by atoms with Gasteiger partial charge in [-0.05, 0) is 49.9 Å². The zero-order chi connectivity index (χ0) is 16.1. The monoisotopic (exact) mass is 320 g/mol. The molecule has 1 N–H and O–H groups in total. The van der Waals surface area contributed by atoms with Crippen LogP contribution in [0, 0.1) is 11.7 Å². The quantitative estimate of drug-likeness (QED) is 0.905. The molecule has 0 saturated carbocycles. The van der Waals surface area contributed by atoms with Crippen molar-refractivity contribution in [1.29, 1.82) is 0 Å². The Bertz CT molecular complexity index is 514. The Hall–Kier alpha value is -1.46. The summed E-state index contributed by atoms with van der Waals surface area (Å²) in [6, 6.07) is 6.61. The number of carbonyl (C=O) groups is 1. The van der Waals surface area contributed by atoms with Crippen molar-refractivity contribution in [2.75, 3.05) is 26.2 Å². The van der Waals surface area contributed by atoms with E-state index in [4.69, 9.17) is 4.74 Å². The number of hydrogen-bond donors (Lipinski definition) is 1. The molecule has 2 aliphatic rings. The van der Waals surface area contributed by atoms with E-state index in [1.807, 2.05) is 12.1 Å². The van der Waals surface area contributed by atoms with E-state index in [1.54, 1.807) is 0 Å². The molecule has 126 valence electrons. The molecule has 0 aliphatic carbocycles. The van der Waals surface area contributed by atoms with Crippen LogP contribution >= 0.6 is 0 Å². The number of benzene rings is 1. The largest absolute Gasteiger partial charge is 0.376 e. The van der Waals surface area contributed by atoms with Crippen LogP contribution < -0.4 is 5.32 Å². The number of halogens is 1. The van der Waals surface area contributed by atoms with Crippen LogP contribution in [0.2, 0.25) is 0 Å². The molecule has 0 radical (unpaired) electrons. The Balaban J connectivity index is 1.46. The van der Waals surface area contributed by atoms with Gasteiger partial charge in [-0.3, -0.25) is 9.69 Å². The van der Waals surface area contributed by atoms with E-state index in [2.05, 4.69) is 10.2 Å². The number of carbonyl (C=O) groups excluding carboxylic acids is 1. The minimum atomic E-state index is -0.209. The Kier molecular flexibility index (Phi) is 5.62. The molecule has 1 amide bonds. The number of ether oxygens (including phenoxy) is 1. The fraction of sp³-hybridized carbons (Fsp3) is 0.611. The van der Waals surface area contributed by atoms with Crippen LogP contribution in [0.4, 0.5) is 4.39 Å². The van der Waals surface area contributed by atoms with Gasteiger partial charge in [0.1, 0.15) is 5.82 Å². The van der Waals surface area contributed by atoms with Gasteiger partial charge in [-0.15, -0.1) is 0 Å². The lowest BCUT2D eigenvalue weighted by Gasteiger charge is -2.32. The molecule has 0 aromatic heterocycles. The second kappa shape index (κ2) is 7.88. The molecule has 1 aromatic carbocycles. The van der Waals surface area contributed by atoms with Crippen LogP contribution in [-0.4, -0.2) is 43.2 Å². The van der Waals surface area contributed by atoms with E-state index in [0.29, 0.717) is 6.54 Å². The minimum absolute atomic E-state index is 0.0469. The van der Waals surface area contributed by atoms with E-state index in [-0.39, 0.29) is 23.7 Å². The summed E-state index contributed by atoms with van der Waals surface area (Å²) >= 11 is 0. The van der Waals surface area contributed by atoms with Gasteiger partial charge in [0.25, 0.3) is 0 Å². The maximum Gasteiger partial charge on any atom is 0.224 e. The van der Waals surface area contributed by atoms with Crippen molar-refractivity contribution in [3.05, 3.63) is 35.6 Å². The Morgan fingerprint density at radius 1 is 1.26 bits per heavy atom. The van der Waals surface area contributed by atoms with E-state index in [0.717, 1.165) is 57.5 Å². The minimum Gasteiger partial charge on any atom is -0.376 e. The normalized spacial score (nSPS) is 25.4. The molecule has 5 heteroatoms. The van der Waals surface area contributed by atoms with Gasteiger partial charge < -0.3 is 10.1 Å². The summed E-state index contributed by atoms with van der Waals surface area (Å²) in [4.78, 5) is 14.6. The third-order valence-corrected chi connectivity index (χ3v) is 4.72. The molecule has 2 unspecified atom stereocenters. The first-order valence-electron chi connectivity index (χ1n) is 8.57. The van der Waals surface area contributed by atoms with Gasteiger partial charge in [0, 0.05) is 26.2 Å². The van der Waals surface area contributed by atoms with Crippen LogP contribution in [0.1, 0.15) is 31.2 Å². The maximum absolute atomic E-state index is 13.0. The smallest absolute Gasteiger partial charge is 0.224 e. The summed E-state index contributed by atoms with van der Waals surface area (Å²) in [6.07, 6.45) is 4.30. The van der Waals surface area contributed by atoms with Crippen molar-refractivity contribution in [1.82, 2.24) is 10.2 Å². The van der Waals surface area contributed by atoms with Crippen molar-refractivity contribution in [2.24, 2.45) is 5.92 Å². The van der Waals surface area contributed by atoms with E-state index in [1.165, 1.54) is 12.1 Å². The van der Waals surface area contributed by atoms with Gasteiger partial charge in [-0.25, -0.2) is 4.39 Å². The fourth-order valence-corrected chi connectivity index (χ4v) is 3.43. The number of piperidine rings is 1. The predicted octanol–water partition coefficient (Wildman–Crippen LogP) is 2.33. The number of nitrogens with zero attached hydrogens (tertiary/aromatic N) is 1. The van der Waals surface area contributed by atoms with Gasteiger partial charge in [-0.2, -0.15) is 0 Å². The van der Waals surface area contributed by atoms with Crippen molar-refractivity contribution in [2.45, 2.75) is 38.3 Å². The molecule has 4 nitrogen and oxygen atoms in total. The predicted molar refractivity (Wildman–Crippen MR) is 86.4 cm³/mol. The van der Waals surface area contributed by atoms with Gasteiger partial charge in [0.2, 0.25) is 5.91 Å². The topological polar surface area (TPSA) is 41.6 Å². The van der Waals surface area contributed by atoms with E-state index < -0.39 is 0 Å². The average Bonchev–Trinajstić information content (AvgIpc) is 3.08. The second-order valence-electron chi connectivity index (χ2n) is 6.58. The summed E-state index contributed by atoms with van der Waals surface area (Å²) in [5.41, 5.74) is 1.09. The van der Waals surface area contributed by atoms with Crippen molar-refractivity contribution in [3.63, 3.8) is 0 Å². The third kappa shape index (κ3) is 4.75. The molecule has 2 aliphatic heterocycles. The molecule has 23 heavy (non-hydrogen) atoms. The SMILES string of the molecule is O=C(NCC1CCCO1)C1CCCN(Cc2ccc(F)cc2)C1. The highest BCUT2D eigenvalue weighted by Gasteiger charge is 2.26.